The minimum Gasteiger partial charge on any atom is -0.372 e. The van der Waals surface area contributed by atoms with Gasteiger partial charge in [-0.15, -0.1) is 11.3 Å². The first-order valence-electron chi connectivity index (χ1n) is 13.6. The summed E-state index contributed by atoms with van der Waals surface area (Å²) in [7, 11) is 4.24. The number of aromatic nitrogens is 1. The van der Waals surface area contributed by atoms with Crippen LogP contribution in [-0.2, 0) is 20.8 Å². The van der Waals surface area contributed by atoms with Crippen LogP contribution < -0.4 is 17.2 Å². The van der Waals surface area contributed by atoms with Gasteiger partial charge in [-0.3, -0.25) is 14.4 Å². The van der Waals surface area contributed by atoms with Crippen molar-refractivity contribution >= 4 is 40.8 Å². The van der Waals surface area contributed by atoms with E-state index in [9.17, 15) is 0 Å². The Hall–Kier alpha value is -2.78. The Labute approximate surface area is 241 Å². The molecule has 0 aliphatic carbocycles. The average Bonchev–Trinajstić information content (AvgIpc) is 3.29. The van der Waals surface area contributed by atoms with E-state index in [2.05, 4.69) is 103 Å². The van der Waals surface area contributed by atoms with Gasteiger partial charge >= 0.3 is 0 Å². The van der Waals surface area contributed by atoms with Gasteiger partial charge in [0.05, 0.1) is 15.2 Å². The smallest absolute Gasteiger partial charge is 0.204 e. The third-order valence-corrected chi connectivity index (χ3v) is 6.97. The summed E-state index contributed by atoms with van der Waals surface area (Å²) in [5, 5.41) is 1.28. The lowest BCUT2D eigenvalue weighted by atomic mass is 9.83. The number of aryl methyl sites for hydroxylation is 1. The Morgan fingerprint density at radius 2 is 1.51 bits per heavy atom. The first-order chi connectivity index (χ1) is 18.5. The van der Waals surface area contributed by atoms with Crippen LogP contribution >= 0.6 is 11.3 Å². The van der Waals surface area contributed by atoms with Crippen LogP contribution in [0.1, 0.15) is 90.1 Å². The number of amides is 3. The number of hydrogen-bond acceptors (Lipinski definition) is 6. The highest BCUT2D eigenvalue weighted by Crippen LogP contribution is 2.31. The lowest BCUT2D eigenvalue weighted by molar-refractivity contribution is -0.107. The van der Waals surface area contributed by atoms with Crippen molar-refractivity contribution in [2.24, 2.45) is 29.0 Å². The molecule has 9 heteroatoms. The SMILES string of the molecule is C=C(CC(CCc1nc2ccc(C(C)C)cc2s1)C(C)CC)CN(C)C.CCCC.NC=O.NC=O.NC=O. The van der Waals surface area contributed by atoms with E-state index in [1.54, 1.807) is 0 Å². The molecule has 0 radical (unpaired) electrons. The molecule has 0 saturated heterocycles. The molecule has 1 heterocycles. The normalized spacial score (nSPS) is 11.2. The number of thiazole rings is 1. The lowest BCUT2D eigenvalue weighted by Crippen LogP contribution is -2.19. The number of benzene rings is 1. The van der Waals surface area contributed by atoms with E-state index in [1.807, 2.05) is 11.3 Å². The zero-order chi connectivity index (χ0) is 30.8. The molecule has 6 N–H and O–H groups in total. The summed E-state index contributed by atoms with van der Waals surface area (Å²) in [6, 6.07) is 6.74. The van der Waals surface area contributed by atoms with Gasteiger partial charge < -0.3 is 22.1 Å². The molecule has 3 amide bonds. The zero-order valence-corrected chi connectivity index (χ0v) is 26.4. The van der Waals surface area contributed by atoms with E-state index < -0.39 is 0 Å². The van der Waals surface area contributed by atoms with Crippen molar-refractivity contribution in [2.45, 2.75) is 86.0 Å². The topological polar surface area (TPSA) is 145 Å². The van der Waals surface area contributed by atoms with Crippen molar-refractivity contribution in [3.63, 3.8) is 0 Å². The Balaban J connectivity index is -0.000000839. The first-order valence-corrected chi connectivity index (χ1v) is 14.4. The number of fused-ring (bicyclic) bond motifs is 1. The van der Waals surface area contributed by atoms with Gasteiger partial charge in [-0.2, -0.15) is 0 Å². The summed E-state index contributed by atoms with van der Waals surface area (Å²) < 4.78 is 1.34. The molecule has 8 nitrogen and oxygen atoms in total. The van der Waals surface area contributed by atoms with E-state index in [0.717, 1.165) is 30.8 Å². The van der Waals surface area contributed by atoms with Crippen LogP contribution in [0.2, 0.25) is 0 Å². The molecule has 2 aromatic rings. The van der Waals surface area contributed by atoms with Gasteiger partial charge in [0, 0.05) is 6.54 Å². The molecule has 224 valence electrons. The fourth-order valence-electron chi connectivity index (χ4n) is 3.57. The van der Waals surface area contributed by atoms with Crippen molar-refractivity contribution in [2.75, 3.05) is 20.6 Å². The molecule has 1 aromatic carbocycles. The summed E-state index contributed by atoms with van der Waals surface area (Å²) >= 11 is 1.88. The Morgan fingerprint density at radius 1 is 1.00 bits per heavy atom. The van der Waals surface area contributed by atoms with Crippen LogP contribution in [-0.4, -0.2) is 49.8 Å². The van der Waals surface area contributed by atoms with Gasteiger partial charge in [0.2, 0.25) is 19.2 Å². The van der Waals surface area contributed by atoms with Crippen molar-refractivity contribution < 1.29 is 14.4 Å². The molecule has 1 aromatic heterocycles. The number of likely N-dealkylation sites (N-methyl/N-ethyl adjacent to an activating group) is 1. The molecule has 39 heavy (non-hydrogen) atoms. The largest absolute Gasteiger partial charge is 0.372 e. The standard InChI is InChI=1S/C23H36N2S.C4H10.3CH3NO/c1-8-18(5)20(13-17(4)15-25(6)7)10-12-23-24-21-11-9-19(16(2)3)14-22(21)26-23;1-3-4-2;3*2-1-3/h9,11,14,16,18,20H,4,8,10,12-13,15H2,1-3,5-7H3;3-4H2,1-2H3;3*1H,(H2,2,3). The van der Waals surface area contributed by atoms with Crippen LogP contribution in [0, 0.1) is 11.8 Å². The number of carbonyl (C=O) groups is 3. The Bertz CT molecular complexity index is 884. The number of carbonyl (C=O) groups excluding carboxylic acids is 3. The Kier molecular flexibility index (Phi) is 28.0. The summed E-state index contributed by atoms with van der Waals surface area (Å²) in [6.45, 7) is 18.9. The number of hydrogen-bond donors (Lipinski definition) is 3. The second-order valence-electron chi connectivity index (χ2n) is 9.77. The molecular formula is C30H55N5O3S. The fraction of sp³-hybridized carbons (Fsp3) is 0.600. The van der Waals surface area contributed by atoms with Gasteiger partial charge in [-0.05, 0) is 68.8 Å². The molecule has 0 spiro atoms. The quantitative estimate of drug-likeness (QED) is 0.239. The number of primary amides is 3. The highest BCUT2D eigenvalue weighted by atomic mass is 32.1. The lowest BCUT2D eigenvalue weighted by Gasteiger charge is -2.25. The monoisotopic (exact) mass is 565 g/mol. The molecular weight excluding hydrogens is 510 g/mol. The van der Waals surface area contributed by atoms with Gasteiger partial charge in [-0.25, -0.2) is 4.98 Å². The maximum atomic E-state index is 8.58. The van der Waals surface area contributed by atoms with Crippen molar-refractivity contribution in [3.8, 4) is 0 Å². The minimum atomic E-state index is 0.250. The van der Waals surface area contributed by atoms with E-state index in [0.29, 0.717) is 11.8 Å². The maximum Gasteiger partial charge on any atom is 0.204 e. The molecule has 2 atom stereocenters. The summed E-state index contributed by atoms with van der Waals surface area (Å²) in [4.78, 5) is 32.9. The van der Waals surface area contributed by atoms with Crippen molar-refractivity contribution in [1.29, 1.82) is 0 Å². The zero-order valence-electron chi connectivity index (χ0n) is 25.6. The average molecular weight is 566 g/mol. The van der Waals surface area contributed by atoms with Gasteiger partial charge in [0.25, 0.3) is 0 Å². The molecule has 2 unspecified atom stereocenters. The number of rotatable bonds is 11. The van der Waals surface area contributed by atoms with Crippen LogP contribution in [0.4, 0.5) is 0 Å². The minimum absolute atomic E-state index is 0.250. The van der Waals surface area contributed by atoms with E-state index in [4.69, 9.17) is 19.4 Å². The molecule has 0 saturated carbocycles. The van der Waals surface area contributed by atoms with E-state index in [-0.39, 0.29) is 19.2 Å². The number of nitrogens with zero attached hydrogens (tertiary/aromatic N) is 2. The maximum absolute atomic E-state index is 8.58. The number of nitrogens with two attached hydrogens (primary N) is 3. The van der Waals surface area contributed by atoms with Crippen LogP contribution in [0.3, 0.4) is 0 Å². The van der Waals surface area contributed by atoms with Gasteiger partial charge in [0.1, 0.15) is 0 Å². The summed E-state index contributed by atoms with van der Waals surface area (Å²) in [5.41, 5.74) is 16.4. The fourth-order valence-corrected chi connectivity index (χ4v) is 4.60. The summed E-state index contributed by atoms with van der Waals surface area (Å²) in [5.74, 6) is 2.00. The molecule has 0 bridgehead atoms. The van der Waals surface area contributed by atoms with Crippen LogP contribution in [0.15, 0.2) is 30.4 Å². The second kappa shape index (κ2) is 26.8. The van der Waals surface area contributed by atoms with Crippen molar-refractivity contribution in [1.82, 2.24) is 9.88 Å². The van der Waals surface area contributed by atoms with E-state index >= 15 is 0 Å². The molecule has 2 rings (SSSR count). The highest BCUT2D eigenvalue weighted by Gasteiger charge is 2.18. The molecule has 0 aliphatic heterocycles. The first kappa shape index (κ1) is 40.7. The van der Waals surface area contributed by atoms with Gasteiger partial charge in [-0.1, -0.05) is 79.0 Å². The molecule has 0 fully saturated rings. The molecule has 0 aliphatic rings. The Morgan fingerprint density at radius 3 is 1.92 bits per heavy atom. The van der Waals surface area contributed by atoms with Gasteiger partial charge in [0.15, 0.2) is 0 Å². The predicted octanol–water partition coefficient (Wildman–Crippen LogP) is 5.63. The third kappa shape index (κ3) is 21.8. The highest BCUT2D eigenvalue weighted by molar-refractivity contribution is 7.18. The third-order valence-electron chi connectivity index (χ3n) is 5.89. The number of unbranched alkanes of at least 4 members (excludes halogenated alkanes) is 1. The predicted molar refractivity (Wildman–Crippen MR) is 169 cm³/mol. The van der Waals surface area contributed by atoms with Crippen LogP contribution in [0.5, 0.6) is 0 Å². The van der Waals surface area contributed by atoms with Crippen molar-refractivity contribution in [3.05, 3.63) is 40.9 Å². The second-order valence-corrected chi connectivity index (χ2v) is 10.9. The summed E-state index contributed by atoms with van der Waals surface area (Å²) in [6.07, 6.45) is 8.05. The van der Waals surface area contributed by atoms with Crippen LogP contribution in [0.25, 0.3) is 10.2 Å². The van der Waals surface area contributed by atoms with E-state index in [1.165, 1.54) is 46.5 Å².